The van der Waals surface area contributed by atoms with Crippen molar-refractivity contribution in [1.82, 2.24) is 5.32 Å². The van der Waals surface area contributed by atoms with Crippen LogP contribution in [0.4, 0.5) is 0 Å². The van der Waals surface area contributed by atoms with Crippen LogP contribution in [0.1, 0.15) is 106 Å². The molecule has 3 unspecified atom stereocenters. The van der Waals surface area contributed by atoms with Crippen LogP contribution in [0, 0.1) is 11.8 Å². The van der Waals surface area contributed by atoms with Crippen LogP contribution in [0.2, 0.25) is 0 Å². The molecular weight excluding hydrogens is 366 g/mol. The molecule has 0 aliphatic heterocycles. The van der Waals surface area contributed by atoms with Gasteiger partial charge in [-0.25, -0.2) is 0 Å². The first kappa shape index (κ1) is 27.9. The highest BCUT2D eigenvalue weighted by molar-refractivity contribution is 5.78. The Morgan fingerprint density at radius 1 is 0.793 bits per heavy atom. The SMILES string of the molecule is CCCCCCC(C)C(=O)NCC(COC(=O)C(C)CCCCCC)OC(C)C. The Morgan fingerprint density at radius 2 is 1.34 bits per heavy atom. The van der Waals surface area contributed by atoms with Crippen LogP contribution in [0.15, 0.2) is 0 Å². The van der Waals surface area contributed by atoms with Gasteiger partial charge in [0, 0.05) is 12.5 Å². The first-order chi connectivity index (χ1) is 13.8. The average molecular weight is 414 g/mol. The fraction of sp³-hybridized carbons (Fsp3) is 0.917. The van der Waals surface area contributed by atoms with Crippen LogP contribution in [0.5, 0.6) is 0 Å². The van der Waals surface area contributed by atoms with Crippen molar-refractivity contribution in [2.75, 3.05) is 13.2 Å². The first-order valence-electron chi connectivity index (χ1n) is 11.9. The Bertz CT molecular complexity index is 391. The highest BCUT2D eigenvalue weighted by Crippen LogP contribution is 2.13. The maximum Gasteiger partial charge on any atom is 0.308 e. The van der Waals surface area contributed by atoms with Gasteiger partial charge in [-0.1, -0.05) is 79.1 Å². The second kappa shape index (κ2) is 17.7. The second-order valence-corrected chi connectivity index (χ2v) is 8.68. The lowest BCUT2D eigenvalue weighted by Crippen LogP contribution is -2.40. The largest absolute Gasteiger partial charge is 0.463 e. The van der Waals surface area contributed by atoms with Gasteiger partial charge < -0.3 is 14.8 Å². The van der Waals surface area contributed by atoms with Gasteiger partial charge in [-0.15, -0.1) is 0 Å². The van der Waals surface area contributed by atoms with Gasteiger partial charge in [-0.2, -0.15) is 0 Å². The van der Waals surface area contributed by atoms with E-state index in [-0.39, 0.29) is 42.5 Å². The summed E-state index contributed by atoms with van der Waals surface area (Å²) in [6.07, 6.45) is 10.8. The van der Waals surface area contributed by atoms with E-state index in [0.29, 0.717) is 6.54 Å². The standard InChI is InChI=1S/C24H47NO4/c1-7-9-11-13-15-20(5)23(26)25-17-22(29-19(3)4)18-28-24(27)21(6)16-14-12-10-8-2/h19-22H,7-18H2,1-6H3,(H,25,26). The number of carbonyl (C=O) groups is 2. The molecule has 1 N–H and O–H groups in total. The van der Waals surface area contributed by atoms with Crippen LogP contribution in [-0.4, -0.2) is 37.2 Å². The lowest BCUT2D eigenvalue weighted by molar-refractivity contribution is -0.153. The fourth-order valence-corrected chi connectivity index (χ4v) is 3.24. The molecule has 0 heterocycles. The summed E-state index contributed by atoms with van der Waals surface area (Å²) in [7, 11) is 0. The van der Waals surface area contributed by atoms with Gasteiger partial charge in [0.05, 0.1) is 12.0 Å². The van der Waals surface area contributed by atoms with Crippen molar-refractivity contribution >= 4 is 11.9 Å². The predicted molar refractivity (Wildman–Crippen MR) is 120 cm³/mol. The molecule has 0 bridgehead atoms. The third-order valence-electron chi connectivity index (χ3n) is 5.21. The Balaban J connectivity index is 4.30. The lowest BCUT2D eigenvalue weighted by Gasteiger charge is -2.22. The van der Waals surface area contributed by atoms with Gasteiger partial charge in [0.1, 0.15) is 12.7 Å². The molecule has 5 nitrogen and oxygen atoms in total. The molecule has 0 aliphatic rings. The summed E-state index contributed by atoms with van der Waals surface area (Å²) in [6, 6.07) is 0. The molecule has 0 rings (SSSR count). The number of esters is 1. The molecule has 3 atom stereocenters. The molecule has 0 aromatic carbocycles. The van der Waals surface area contributed by atoms with Crippen molar-refractivity contribution in [2.45, 2.75) is 118 Å². The van der Waals surface area contributed by atoms with E-state index in [1.54, 1.807) is 0 Å². The number of nitrogens with one attached hydrogen (secondary N) is 1. The normalized spacial score (nSPS) is 14.4. The third-order valence-corrected chi connectivity index (χ3v) is 5.21. The van der Waals surface area contributed by atoms with Crippen LogP contribution < -0.4 is 5.32 Å². The van der Waals surface area contributed by atoms with Gasteiger partial charge in [-0.05, 0) is 26.7 Å². The van der Waals surface area contributed by atoms with Gasteiger partial charge in [0.25, 0.3) is 0 Å². The third kappa shape index (κ3) is 15.4. The Hall–Kier alpha value is -1.10. The summed E-state index contributed by atoms with van der Waals surface area (Å²) in [5.41, 5.74) is 0. The van der Waals surface area contributed by atoms with Crippen molar-refractivity contribution < 1.29 is 19.1 Å². The zero-order valence-electron chi connectivity index (χ0n) is 19.9. The highest BCUT2D eigenvalue weighted by atomic mass is 16.6. The van der Waals surface area contributed by atoms with Gasteiger partial charge >= 0.3 is 5.97 Å². The van der Waals surface area contributed by atoms with E-state index in [2.05, 4.69) is 19.2 Å². The van der Waals surface area contributed by atoms with Crippen LogP contribution in [0.25, 0.3) is 0 Å². The van der Waals surface area contributed by atoms with Crippen LogP contribution >= 0.6 is 0 Å². The summed E-state index contributed by atoms with van der Waals surface area (Å²) < 4.78 is 11.3. The first-order valence-corrected chi connectivity index (χ1v) is 11.9. The molecule has 0 fully saturated rings. The lowest BCUT2D eigenvalue weighted by atomic mass is 10.0. The Morgan fingerprint density at radius 3 is 1.86 bits per heavy atom. The Labute approximate surface area is 179 Å². The van der Waals surface area contributed by atoms with Crippen LogP contribution in [0.3, 0.4) is 0 Å². The number of rotatable bonds is 18. The number of ether oxygens (including phenoxy) is 2. The molecule has 5 heteroatoms. The predicted octanol–water partition coefficient (Wildman–Crippen LogP) is 5.65. The number of unbranched alkanes of at least 4 members (excludes halogenated alkanes) is 6. The van der Waals surface area contributed by atoms with E-state index >= 15 is 0 Å². The van der Waals surface area contributed by atoms with E-state index < -0.39 is 0 Å². The second-order valence-electron chi connectivity index (χ2n) is 8.68. The van der Waals surface area contributed by atoms with E-state index in [1.165, 1.54) is 32.1 Å². The van der Waals surface area contributed by atoms with E-state index in [0.717, 1.165) is 32.1 Å². The molecule has 0 aliphatic carbocycles. The summed E-state index contributed by atoms with van der Waals surface area (Å²) >= 11 is 0. The summed E-state index contributed by atoms with van der Waals surface area (Å²) in [4.78, 5) is 24.6. The Kier molecular flexibility index (Phi) is 17.1. The average Bonchev–Trinajstić information content (AvgIpc) is 2.69. The zero-order chi connectivity index (χ0) is 22.1. The maximum atomic E-state index is 12.3. The van der Waals surface area contributed by atoms with Crippen molar-refractivity contribution in [3.05, 3.63) is 0 Å². The molecule has 172 valence electrons. The number of amides is 1. The van der Waals surface area contributed by atoms with E-state index in [1.807, 2.05) is 27.7 Å². The molecule has 1 amide bonds. The minimum Gasteiger partial charge on any atom is -0.463 e. The molecule has 0 radical (unpaired) electrons. The van der Waals surface area contributed by atoms with Crippen LogP contribution in [-0.2, 0) is 19.1 Å². The molecular formula is C24H47NO4. The van der Waals surface area contributed by atoms with Crippen molar-refractivity contribution in [2.24, 2.45) is 11.8 Å². The van der Waals surface area contributed by atoms with Gasteiger partial charge in [-0.3, -0.25) is 9.59 Å². The number of hydrogen-bond donors (Lipinski definition) is 1. The summed E-state index contributed by atoms with van der Waals surface area (Å²) in [5.74, 6) is -0.217. The molecule has 0 saturated heterocycles. The topological polar surface area (TPSA) is 64.6 Å². The summed E-state index contributed by atoms with van der Waals surface area (Å²) in [5, 5.41) is 2.97. The van der Waals surface area contributed by atoms with E-state index in [4.69, 9.17) is 9.47 Å². The molecule has 0 spiro atoms. The monoisotopic (exact) mass is 413 g/mol. The minimum atomic E-state index is -0.317. The van der Waals surface area contributed by atoms with Crippen molar-refractivity contribution in [1.29, 1.82) is 0 Å². The summed E-state index contributed by atoms with van der Waals surface area (Å²) in [6.45, 7) is 12.7. The zero-order valence-corrected chi connectivity index (χ0v) is 19.9. The highest BCUT2D eigenvalue weighted by Gasteiger charge is 2.20. The quantitative estimate of drug-likeness (QED) is 0.233. The van der Waals surface area contributed by atoms with Crippen molar-refractivity contribution in [3.8, 4) is 0 Å². The number of hydrogen-bond acceptors (Lipinski definition) is 4. The van der Waals surface area contributed by atoms with Gasteiger partial charge in [0.2, 0.25) is 5.91 Å². The molecule has 0 aromatic heterocycles. The molecule has 0 saturated carbocycles. The van der Waals surface area contributed by atoms with Gasteiger partial charge in [0.15, 0.2) is 0 Å². The van der Waals surface area contributed by atoms with E-state index in [9.17, 15) is 9.59 Å². The smallest absolute Gasteiger partial charge is 0.308 e. The number of carbonyl (C=O) groups excluding carboxylic acids is 2. The molecule has 0 aromatic rings. The fourth-order valence-electron chi connectivity index (χ4n) is 3.24. The van der Waals surface area contributed by atoms with Crippen molar-refractivity contribution in [3.63, 3.8) is 0 Å². The molecule has 29 heavy (non-hydrogen) atoms. The maximum absolute atomic E-state index is 12.3. The minimum absolute atomic E-state index is 0.00255.